The van der Waals surface area contributed by atoms with Gasteiger partial charge in [0.25, 0.3) is 0 Å². The van der Waals surface area contributed by atoms with Gasteiger partial charge < -0.3 is 24.0 Å². The fourth-order valence-corrected chi connectivity index (χ4v) is 6.52. The number of ether oxygens (including phenoxy) is 3. The number of amides is 2. The van der Waals surface area contributed by atoms with Crippen molar-refractivity contribution in [2.75, 3.05) is 45.4 Å². The molecule has 3 aromatic carbocycles. The van der Waals surface area contributed by atoms with Crippen molar-refractivity contribution >= 4 is 29.3 Å². The molecule has 2 aliphatic rings. The van der Waals surface area contributed by atoms with E-state index in [0.717, 1.165) is 21.9 Å². The summed E-state index contributed by atoms with van der Waals surface area (Å²) in [5, 5.41) is 0. The largest absolute Gasteiger partial charge is 0.497 e. The lowest BCUT2D eigenvalue weighted by atomic mass is 9.90. The first-order chi connectivity index (χ1) is 18.1. The van der Waals surface area contributed by atoms with Crippen molar-refractivity contribution in [3.8, 4) is 11.5 Å². The minimum atomic E-state index is -1.09. The molecule has 2 fully saturated rings. The number of hydrogen-bond acceptors (Lipinski definition) is 6. The maximum Gasteiger partial charge on any atom is 0.242 e. The van der Waals surface area contributed by atoms with Crippen LogP contribution < -0.4 is 14.4 Å². The highest BCUT2D eigenvalue weighted by atomic mass is 32.2. The highest BCUT2D eigenvalue weighted by Crippen LogP contribution is 2.55. The second-order valence-corrected chi connectivity index (χ2v) is 10.4. The van der Waals surface area contributed by atoms with Crippen molar-refractivity contribution in [1.29, 1.82) is 0 Å². The molecule has 0 unspecified atom stereocenters. The van der Waals surface area contributed by atoms with Gasteiger partial charge in [-0.25, -0.2) is 0 Å². The number of carbonyl (C=O) groups is 2. The molecular formula is C29H30N2O5S. The summed E-state index contributed by atoms with van der Waals surface area (Å²) in [4.78, 5) is 32.9. The summed E-state index contributed by atoms with van der Waals surface area (Å²) >= 11 is 1.45. The Morgan fingerprint density at radius 2 is 1.49 bits per heavy atom. The zero-order valence-corrected chi connectivity index (χ0v) is 21.8. The summed E-state index contributed by atoms with van der Waals surface area (Å²) in [6, 6.07) is 24.4. The topological polar surface area (TPSA) is 68.3 Å². The smallest absolute Gasteiger partial charge is 0.242 e. The van der Waals surface area contributed by atoms with Gasteiger partial charge in [0.05, 0.1) is 39.9 Å². The Kier molecular flexibility index (Phi) is 7.39. The second-order valence-electron chi connectivity index (χ2n) is 9.02. The summed E-state index contributed by atoms with van der Waals surface area (Å²) in [6.45, 7) is 1.97. The number of thioether (sulfide) groups is 1. The monoisotopic (exact) mass is 518 g/mol. The second kappa shape index (κ2) is 10.9. The summed E-state index contributed by atoms with van der Waals surface area (Å²) < 4.78 is 15.2. The molecule has 192 valence electrons. The number of benzene rings is 3. The fraction of sp³-hybridized carbons (Fsp3) is 0.310. The lowest BCUT2D eigenvalue weighted by Gasteiger charge is -2.40. The lowest BCUT2D eigenvalue weighted by molar-refractivity contribution is -0.138. The molecule has 3 aromatic rings. The molecule has 5 rings (SSSR count). The maximum absolute atomic E-state index is 14.5. The Morgan fingerprint density at radius 1 is 0.892 bits per heavy atom. The zero-order valence-electron chi connectivity index (χ0n) is 21.0. The molecule has 7 nitrogen and oxygen atoms in total. The van der Waals surface area contributed by atoms with E-state index in [1.165, 1.54) is 11.8 Å². The molecule has 2 atom stereocenters. The van der Waals surface area contributed by atoms with E-state index >= 15 is 0 Å². The third kappa shape index (κ3) is 4.91. The lowest BCUT2D eigenvalue weighted by Crippen LogP contribution is -2.53. The van der Waals surface area contributed by atoms with E-state index < -0.39 is 10.8 Å². The van der Waals surface area contributed by atoms with Crippen LogP contribution in [-0.2, 0) is 14.3 Å². The van der Waals surface area contributed by atoms with Gasteiger partial charge >= 0.3 is 0 Å². The Hall–Kier alpha value is -3.49. The minimum absolute atomic E-state index is 0.0517. The minimum Gasteiger partial charge on any atom is -0.497 e. The van der Waals surface area contributed by atoms with Crippen LogP contribution in [0.3, 0.4) is 0 Å². The molecule has 2 aliphatic heterocycles. The summed E-state index contributed by atoms with van der Waals surface area (Å²) in [5.41, 5.74) is 1.64. The van der Waals surface area contributed by atoms with Gasteiger partial charge in [0.15, 0.2) is 0 Å². The van der Waals surface area contributed by atoms with Gasteiger partial charge in [-0.1, -0.05) is 30.3 Å². The van der Waals surface area contributed by atoms with Crippen LogP contribution in [0.15, 0.2) is 83.8 Å². The Bertz CT molecular complexity index is 1230. The first kappa shape index (κ1) is 25.2. The van der Waals surface area contributed by atoms with Crippen molar-refractivity contribution in [2.24, 2.45) is 0 Å². The Balaban J connectivity index is 1.67. The molecule has 0 N–H and O–H groups in total. The predicted molar refractivity (Wildman–Crippen MR) is 143 cm³/mol. The van der Waals surface area contributed by atoms with Crippen LogP contribution in [0.5, 0.6) is 11.5 Å². The normalized spacial score (nSPS) is 21.7. The van der Waals surface area contributed by atoms with Crippen LogP contribution in [0.2, 0.25) is 0 Å². The molecule has 0 saturated carbocycles. The van der Waals surface area contributed by atoms with E-state index in [9.17, 15) is 9.59 Å². The van der Waals surface area contributed by atoms with Crippen LogP contribution in [0.4, 0.5) is 5.69 Å². The average molecular weight is 519 g/mol. The van der Waals surface area contributed by atoms with Gasteiger partial charge in [0.2, 0.25) is 11.8 Å². The van der Waals surface area contributed by atoms with E-state index in [-0.39, 0.29) is 18.2 Å². The van der Waals surface area contributed by atoms with E-state index in [2.05, 4.69) is 0 Å². The average Bonchev–Trinajstić information content (AvgIpc) is 3.26. The van der Waals surface area contributed by atoms with Crippen molar-refractivity contribution < 1.29 is 23.8 Å². The standard InChI is InChI=1S/C29H30N2O5S/c1-34-23-10-8-21(9-11-23)27-29(28(33)30-16-18-36-19-17-30,37-25-14-12-24(35-2)13-15-25)20-26(32)31(27)22-6-4-3-5-7-22/h3-15,27H,16-20H2,1-2H3/t27-,29-/m1/s1. The van der Waals surface area contributed by atoms with Crippen LogP contribution >= 0.6 is 11.8 Å². The van der Waals surface area contributed by atoms with Crippen molar-refractivity contribution in [3.05, 3.63) is 84.4 Å². The molecule has 37 heavy (non-hydrogen) atoms. The summed E-state index contributed by atoms with van der Waals surface area (Å²) in [5.74, 6) is 1.31. The highest BCUT2D eigenvalue weighted by Gasteiger charge is 2.59. The number of hydrogen-bond donors (Lipinski definition) is 0. The molecule has 2 amide bonds. The van der Waals surface area contributed by atoms with Gasteiger partial charge in [-0.05, 0) is 54.1 Å². The van der Waals surface area contributed by atoms with Crippen LogP contribution in [0.25, 0.3) is 0 Å². The van der Waals surface area contributed by atoms with Crippen LogP contribution in [0.1, 0.15) is 18.0 Å². The van der Waals surface area contributed by atoms with Gasteiger partial charge in [-0.15, -0.1) is 11.8 Å². The Morgan fingerprint density at radius 3 is 2.08 bits per heavy atom. The zero-order chi connectivity index (χ0) is 25.8. The number of methoxy groups -OCH3 is 2. The van der Waals surface area contributed by atoms with E-state index in [1.807, 2.05) is 83.8 Å². The van der Waals surface area contributed by atoms with E-state index in [1.54, 1.807) is 19.1 Å². The SMILES string of the molecule is COc1ccc(S[C@]2(C(=O)N3CCOCC3)CC(=O)N(c3ccccc3)[C@@H]2c2ccc(OC)cc2)cc1. The molecule has 0 bridgehead atoms. The van der Waals surface area contributed by atoms with Gasteiger partial charge in [0.1, 0.15) is 16.2 Å². The molecule has 2 heterocycles. The quantitative estimate of drug-likeness (QED) is 0.457. The molecule has 0 spiro atoms. The number of anilines is 1. The number of nitrogens with zero attached hydrogens (tertiary/aromatic N) is 2. The van der Waals surface area contributed by atoms with Gasteiger partial charge in [-0.2, -0.15) is 0 Å². The maximum atomic E-state index is 14.5. The van der Waals surface area contributed by atoms with Crippen molar-refractivity contribution in [2.45, 2.75) is 22.1 Å². The third-order valence-corrected chi connectivity index (χ3v) is 8.28. The fourth-order valence-electron chi connectivity index (χ4n) is 5.06. The number of carbonyl (C=O) groups excluding carboxylic acids is 2. The number of rotatable bonds is 7. The van der Waals surface area contributed by atoms with Crippen molar-refractivity contribution in [1.82, 2.24) is 4.90 Å². The Labute approximate surface area is 221 Å². The number of para-hydroxylation sites is 1. The van der Waals surface area contributed by atoms with Crippen molar-refractivity contribution in [3.63, 3.8) is 0 Å². The summed E-state index contributed by atoms with van der Waals surface area (Å²) in [7, 11) is 3.24. The van der Waals surface area contributed by atoms with Crippen LogP contribution in [-0.4, -0.2) is 62.0 Å². The van der Waals surface area contributed by atoms with E-state index in [0.29, 0.717) is 32.1 Å². The molecule has 8 heteroatoms. The molecule has 0 aliphatic carbocycles. The first-order valence-corrected chi connectivity index (χ1v) is 13.1. The third-order valence-electron chi connectivity index (χ3n) is 6.87. The first-order valence-electron chi connectivity index (χ1n) is 12.3. The van der Waals surface area contributed by atoms with Gasteiger partial charge in [0, 0.05) is 23.7 Å². The predicted octanol–water partition coefficient (Wildman–Crippen LogP) is 4.57. The van der Waals surface area contributed by atoms with Gasteiger partial charge in [-0.3, -0.25) is 9.59 Å². The highest BCUT2D eigenvalue weighted by molar-refractivity contribution is 8.01. The summed E-state index contributed by atoms with van der Waals surface area (Å²) in [6.07, 6.45) is 0.0749. The molecule has 0 aromatic heterocycles. The number of morpholine rings is 1. The molecule has 2 saturated heterocycles. The molecular weight excluding hydrogens is 488 g/mol. The van der Waals surface area contributed by atoms with Crippen LogP contribution in [0, 0.1) is 0 Å². The molecule has 0 radical (unpaired) electrons. The van der Waals surface area contributed by atoms with E-state index in [4.69, 9.17) is 14.2 Å².